The van der Waals surface area contributed by atoms with Crippen LogP contribution in [0, 0.1) is 6.92 Å². The van der Waals surface area contributed by atoms with Crippen molar-refractivity contribution in [1.29, 1.82) is 0 Å². The standard InChI is InChI=1S/C13H21N7S.HI/c1-4-20-9-18-19-11(20)8-17-13(14-3)15-6-5-12-16-7-10(2)21-12;/h7,9H,4-6,8H2,1-3H3,(H2,14,15,17);1H. The van der Waals surface area contributed by atoms with Crippen molar-refractivity contribution in [2.45, 2.75) is 33.4 Å². The summed E-state index contributed by atoms with van der Waals surface area (Å²) in [4.78, 5) is 9.79. The summed E-state index contributed by atoms with van der Waals surface area (Å²) in [5.74, 6) is 1.66. The van der Waals surface area contributed by atoms with Crippen LogP contribution in [0.1, 0.15) is 22.6 Å². The van der Waals surface area contributed by atoms with Gasteiger partial charge in [0.05, 0.1) is 11.6 Å². The van der Waals surface area contributed by atoms with E-state index in [9.17, 15) is 0 Å². The lowest BCUT2D eigenvalue weighted by Crippen LogP contribution is -2.38. The number of nitrogens with zero attached hydrogens (tertiary/aromatic N) is 5. The van der Waals surface area contributed by atoms with E-state index in [0.29, 0.717) is 6.54 Å². The van der Waals surface area contributed by atoms with Crippen LogP contribution < -0.4 is 10.6 Å². The van der Waals surface area contributed by atoms with Gasteiger partial charge in [-0.15, -0.1) is 45.5 Å². The molecule has 0 saturated heterocycles. The van der Waals surface area contributed by atoms with Crippen LogP contribution in [0.2, 0.25) is 0 Å². The fourth-order valence-corrected chi connectivity index (χ4v) is 2.65. The van der Waals surface area contributed by atoms with E-state index in [1.54, 1.807) is 24.7 Å². The Bertz CT molecular complexity index is 593. The minimum Gasteiger partial charge on any atom is -0.356 e. The van der Waals surface area contributed by atoms with Crippen molar-refractivity contribution in [2.24, 2.45) is 4.99 Å². The maximum Gasteiger partial charge on any atom is 0.191 e. The maximum absolute atomic E-state index is 4.34. The molecule has 2 rings (SSSR count). The quantitative estimate of drug-likeness (QED) is 0.409. The molecule has 0 amide bonds. The molecule has 0 unspecified atom stereocenters. The fraction of sp³-hybridized carbons (Fsp3) is 0.538. The van der Waals surface area contributed by atoms with E-state index in [1.807, 2.05) is 10.8 Å². The highest BCUT2D eigenvalue weighted by Crippen LogP contribution is 2.10. The van der Waals surface area contributed by atoms with Crippen LogP contribution >= 0.6 is 35.3 Å². The van der Waals surface area contributed by atoms with E-state index < -0.39 is 0 Å². The van der Waals surface area contributed by atoms with Crippen molar-refractivity contribution in [3.8, 4) is 0 Å². The van der Waals surface area contributed by atoms with Crippen molar-refractivity contribution in [2.75, 3.05) is 13.6 Å². The second kappa shape index (κ2) is 9.72. The predicted molar refractivity (Wildman–Crippen MR) is 99.9 cm³/mol. The number of hydrogen-bond donors (Lipinski definition) is 2. The first-order valence-corrected chi connectivity index (χ1v) is 7.77. The molecule has 0 aliphatic rings. The number of aryl methyl sites for hydroxylation is 2. The van der Waals surface area contributed by atoms with Gasteiger partial charge in [-0.25, -0.2) is 4.98 Å². The number of aromatic nitrogens is 4. The summed E-state index contributed by atoms with van der Waals surface area (Å²) in [5, 5.41) is 15.6. The fourth-order valence-electron chi connectivity index (χ4n) is 1.87. The van der Waals surface area contributed by atoms with E-state index in [4.69, 9.17) is 0 Å². The first kappa shape index (κ1) is 18.8. The summed E-state index contributed by atoms with van der Waals surface area (Å²) in [6.45, 7) is 6.39. The molecule has 0 spiro atoms. The summed E-state index contributed by atoms with van der Waals surface area (Å²) in [5.41, 5.74) is 0. The highest BCUT2D eigenvalue weighted by molar-refractivity contribution is 14.0. The molecule has 122 valence electrons. The van der Waals surface area contributed by atoms with Gasteiger partial charge in [-0.05, 0) is 13.8 Å². The van der Waals surface area contributed by atoms with E-state index >= 15 is 0 Å². The van der Waals surface area contributed by atoms with Crippen LogP contribution in [0.5, 0.6) is 0 Å². The molecule has 2 aromatic rings. The van der Waals surface area contributed by atoms with Crippen molar-refractivity contribution in [3.63, 3.8) is 0 Å². The molecule has 0 radical (unpaired) electrons. The van der Waals surface area contributed by atoms with Crippen LogP contribution in [0.15, 0.2) is 17.5 Å². The Morgan fingerprint density at radius 1 is 1.41 bits per heavy atom. The summed E-state index contributed by atoms with van der Waals surface area (Å²) in [6.07, 6.45) is 4.53. The Balaban J connectivity index is 0.00000242. The van der Waals surface area contributed by atoms with Gasteiger partial charge in [-0.3, -0.25) is 4.99 Å². The number of halogens is 1. The molecule has 0 aliphatic carbocycles. The monoisotopic (exact) mass is 435 g/mol. The molecular weight excluding hydrogens is 413 g/mol. The second-order valence-corrected chi connectivity index (χ2v) is 5.82. The topological polar surface area (TPSA) is 80.0 Å². The first-order chi connectivity index (χ1) is 10.2. The third-order valence-corrected chi connectivity index (χ3v) is 3.95. The molecule has 0 atom stereocenters. The number of nitrogens with one attached hydrogen (secondary N) is 2. The van der Waals surface area contributed by atoms with Crippen molar-refractivity contribution >= 4 is 41.3 Å². The second-order valence-electron chi connectivity index (χ2n) is 4.50. The average Bonchev–Trinajstić information content (AvgIpc) is 3.11. The molecule has 7 nitrogen and oxygen atoms in total. The molecule has 2 aromatic heterocycles. The van der Waals surface area contributed by atoms with Crippen LogP contribution in [0.25, 0.3) is 0 Å². The predicted octanol–water partition coefficient (Wildman–Crippen LogP) is 1.59. The molecule has 0 aliphatic heterocycles. The molecule has 2 heterocycles. The van der Waals surface area contributed by atoms with Crippen LogP contribution in [0.3, 0.4) is 0 Å². The van der Waals surface area contributed by atoms with E-state index in [1.165, 1.54) is 4.88 Å². The largest absolute Gasteiger partial charge is 0.356 e. The Labute approximate surface area is 151 Å². The van der Waals surface area contributed by atoms with Gasteiger partial charge in [0.1, 0.15) is 6.33 Å². The average molecular weight is 435 g/mol. The van der Waals surface area contributed by atoms with Crippen LogP contribution in [0.4, 0.5) is 0 Å². The molecule has 0 bridgehead atoms. The first-order valence-electron chi connectivity index (χ1n) is 6.95. The van der Waals surface area contributed by atoms with Crippen molar-refractivity contribution < 1.29 is 0 Å². The number of guanidine groups is 1. The molecule has 0 fully saturated rings. The number of hydrogen-bond acceptors (Lipinski definition) is 5. The third kappa shape index (κ3) is 5.52. The smallest absolute Gasteiger partial charge is 0.191 e. The van der Waals surface area contributed by atoms with Gasteiger partial charge in [0.15, 0.2) is 11.8 Å². The molecule has 22 heavy (non-hydrogen) atoms. The third-order valence-electron chi connectivity index (χ3n) is 2.97. The number of aliphatic imine (C=N–C) groups is 1. The van der Waals surface area contributed by atoms with Gasteiger partial charge in [0.25, 0.3) is 0 Å². The maximum atomic E-state index is 4.34. The van der Waals surface area contributed by atoms with Gasteiger partial charge in [-0.1, -0.05) is 0 Å². The Hall–Kier alpha value is -1.23. The highest BCUT2D eigenvalue weighted by atomic mass is 127. The molecule has 9 heteroatoms. The SMILES string of the molecule is CCn1cnnc1CNC(=NC)NCCc1ncc(C)s1.I. The zero-order valence-corrected chi connectivity index (χ0v) is 16.2. The molecule has 0 saturated carbocycles. The Morgan fingerprint density at radius 2 is 2.23 bits per heavy atom. The van der Waals surface area contributed by atoms with E-state index in [-0.39, 0.29) is 24.0 Å². The molecule has 0 aromatic carbocycles. The van der Waals surface area contributed by atoms with E-state index in [2.05, 4.69) is 44.7 Å². The molecule has 2 N–H and O–H groups in total. The zero-order valence-electron chi connectivity index (χ0n) is 13.0. The van der Waals surface area contributed by atoms with Crippen LogP contribution in [-0.4, -0.2) is 39.3 Å². The highest BCUT2D eigenvalue weighted by Gasteiger charge is 2.04. The lowest BCUT2D eigenvalue weighted by atomic mass is 10.4. The number of thiazole rings is 1. The van der Waals surface area contributed by atoms with Gasteiger partial charge in [0.2, 0.25) is 0 Å². The van der Waals surface area contributed by atoms with Gasteiger partial charge < -0.3 is 15.2 Å². The van der Waals surface area contributed by atoms with Gasteiger partial charge in [-0.2, -0.15) is 0 Å². The zero-order chi connectivity index (χ0) is 15.1. The Kier molecular flexibility index (Phi) is 8.31. The summed E-state index contributed by atoms with van der Waals surface area (Å²) in [6, 6.07) is 0. The van der Waals surface area contributed by atoms with Crippen molar-refractivity contribution in [1.82, 2.24) is 30.4 Å². The van der Waals surface area contributed by atoms with Crippen LogP contribution in [-0.2, 0) is 19.5 Å². The summed E-state index contributed by atoms with van der Waals surface area (Å²) >= 11 is 1.73. The summed E-state index contributed by atoms with van der Waals surface area (Å²) < 4.78 is 2.00. The lowest BCUT2D eigenvalue weighted by Gasteiger charge is -2.11. The lowest BCUT2D eigenvalue weighted by molar-refractivity contribution is 0.669. The molecular formula is C13H22IN7S. The summed E-state index contributed by atoms with van der Waals surface area (Å²) in [7, 11) is 1.76. The van der Waals surface area contributed by atoms with E-state index in [0.717, 1.165) is 36.3 Å². The number of rotatable bonds is 6. The Morgan fingerprint density at radius 3 is 2.86 bits per heavy atom. The normalized spacial score (nSPS) is 11.1. The van der Waals surface area contributed by atoms with Crippen molar-refractivity contribution in [3.05, 3.63) is 28.2 Å². The minimum atomic E-state index is 0. The minimum absolute atomic E-state index is 0. The van der Waals surface area contributed by atoms with Gasteiger partial charge in [0, 0.05) is 37.6 Å². The van der Waals surface area contributed by atoms with Gasteiger partial charge >= 0.3 is 0 Å².